The van der Waals surface area contributed by atoms with Crippen molar-refractivity contribution in [3.63, 3.8) is 0 Å². The first-order valence-electron chi connectivity index (χ1n) is 6.34. The van der Waals surface area contributed by atoms with Gasteiger partial charge in [0.05, 0.1) is 12.8 Å². The summed E-state index contributed by atoms with van der Waals surface area (Å²) in [5, 5.41) is 6.37. The van der Waals surface area contributed by atoms with Crippen molar-refractivity contribution in [3.8, 4) is 5.88 Å². The Morgan fingerprint density at radius 1 is 1.33 bits per heavy atom. The van der Waals surface area contributed by atoms with E-state index in [4.69, 9.17) is 4.74 Å². The van der Waals surface area contributed by atoms with Crippen LogP contribution in [-0.4, -0.2) is 23.5 Å². The average Bonchev–Trinajstić information content (AvgIpc) is 2.73. The molecule has 96 valence electrons. The lowest BCUT2D eigenvalue weighted by atomic mass is 9.93. The van der Waals surface area contributed by atoms with Crippen LogP contribution >= 0.6 is 0 Å². The molecule has 2 aliphatic rings. The number of nitrogens with zero attached hydrogens (tertiary/aromatic N) is 1. The average molecular weight is 247 g/mol. The molecule has 1 aromatic heterocycles. The van der Waals surface area contributed by atoms with E-state index in [1.54, 1.807) is 13.2 Å². The first-order valence-corrected chi connectivity index (χ1v) is 6.34. The van der Waals surface area contributed by atoms with E-state index in [-0.39, 0.29) is 11.4 Å². The van der Waals surface area contributed by atoms with E-state index in [1.807, 2.05) is 6.07 Å². The van der Waals surface area contributed by atoms with Crippen molar-refractivity contribution < 1.29 is 9.53 Å². The fourth-order valence-corrected chi connectivity index (χ4v) is 2.90. The minimum Gasteiger partial charge on any atom is -0.481 e. The maximum absolute atomic E-state index is 12.0. The van der Waals surface area contributed by atoms with Gasteiger partial charge in [-0.1, -0.05) is 12.8 Å². The van der Waals surface area contributed by atoms with Crippen LogP contribution in [0.4, 0.5) is 11.5 Å². The Labute approximate surface area is 106 Å². The second kappa shape index (κ2) is 4.15. The summed E-state index contributed by atoms with van der Waals surface area (Å²) in [6, 6.07) is 3.59. The second-order valence-corrected chi connectivity index (χ2v) is 5.09. The second-order valence-electron chi connectivity index (χ2n) is 5.09. The molecule has 5 heteroatoms. The highest BCUT2D eigenvalue weighted by atomic mass is 16.5. The van der Waals surface area contributed by atoms with Crippen LogP contribution in [-0.2, 0) is 4.79 Å². The molecule has 2 N–H and O–H groups in total. The molecule has 1 aliphatic carbocycles. The van der Waals surface area contributed by atoms with E-state index in [0.29, 0.717) is 12.3 Å². The molecule has 3 rings (SSSR count). The number of hydrogen-bond donors (Lipinski definition) is 2. The van der Waals surface area contributed by atoms with Gasteiger partial charge in [0.15, 0.2) is 5.82 Å². The molecule has 1 fully saturated rings. The first kappa shape index (κ1) is 11.3. The third-order valence-electron chi connectivity index (χ3n) is 3.80. The summed E-state index contributed by atoms with van der Waals surface area (Å²) in [6.07, 6.45) is 4.91. The lowest BCUT2D eigenvalue weighted by Crippen LogP contribution is -2.37. The van der Waals surface area contributed by atoms with Crippen molar-refractivity contribution >= 4 is 17.4 Å². The third-order valence-corrected chi connectivity index (χ3v) is 3.80. The zero-order valence-corrected chi connectivity index (χ0v) is 10.5. The Hall–Kier alpha value is -1.78. The summed E-state index contributed by atoms with van der Waals surface area (Å²) in [7, 11) is 1.59. The summed E-state index contributed by atoms with van der Waals surface area (Å²) in [5.74, 6) is 1.35. The summed E-state index contributed by atoms with van der Waals surface area (Å²) in [6.45, 7) is 0. The van der Waals surface area contributed by atoms with Crippen LogP contribution in [0, 0.1) is 0 Å². The van der Waals surface area contributed by atoms with E-state index in [9.17, 15) is 4.79 Å². The van der Waals surface area contributed by atoms with E-state index >= 15 is 0 Å². The number of carbonyl (C=O) groups excluding carboxylic acids is 1. The number of amides is 1. The minimum absolute atomic E-state index is 0.0649. The number of nitrogens with one attached hydrogen (secondary N) is 2. The molecule has 1 aromatic rings. The molecule has 2 heterocycles. The quantitative estimate of drug-likeness (QED) is 0.798. The molecule has 5 nitrogen and oxygen atoms in total. The smallest absolute Gasteiger partial charge is 0.226 e. The number of fused-ring (bicyclic) bond motifs is 1. The van der Waals surface area contributed by atoms with Crippen LogP contribution in [0.1, 0.15) is 32.1 Å². The predicted octanol–water partition coefficient (Wildman–Crippen LogP) is 2.16. The number of methoxy groups -OCH3 is 1. The van der Waals surface area contributed by atoms with Gasteiger partial charge in [0, 0.05) is 18.0 Å². The topological polar surface area (TPSA) is 63.2 Å². The van der Waals surface area contributed by atoms with Crippen LogP contribution < -0.4 is 15.4 Å². The maximum Gasteiger partial charge on any atom is 0.226 e. The van der Waals surface area contributed by atoms with Gasteiger partial charge < -0.3 is 15.4 Å². The molecule has 0 unspecified atom stereocenters. The normalized spacial score (nSPS) is 20.8. The minimum atomic E-state index is -0.116. The van der Waals surface area contributed by atoms with Gasteiger partial charge >= 0.3 is 0 Å². The molecule has 1 saturated carbocycles. The van der Waals surface area contributed by atoms with Gasteiger partial charge in [-0.25, -0.2) is 0 Å². The molecular weight excluding hydrogens is 230 g/mol. The van der Waals surface area contributed by atoms with Crippen LogP contribution in [0.5, 0.6) is 5.88 Å². The molecule has 0 radical (unpaired) electrons. The lowest BCUT2D eigenvalue weighted by Gasteiger charge is -2.28. The van der Waals surface area contributed by atoms with Gasteiger partial charge in [-0.15, -0.1) is 0 Å². The number of rotatable bonds is 1. The van der Waals surface area contributed by atoms with Gasteiger partial charge in [-0.05, 0) is 18.9 Å². The van der Waals surface area contributed by atoms with Crippen LogP contribution in [0.3, 0.4) is 0 Å². The molecule has 1 amide bonds. The van der Waals surface area contributed by atoms with E-state index in [0.717, 1.165) is 24.3 Å². The molecule has 0 saturated heterocycles. The first-order chi connectivity index (χ1) is 8.71. The maximum atomic E-state index is 12.0. The van der Waals surface area contributed by atoms with Crippen molar-refractivity contribution in [1.29, 1.82) is 0 Å². The van der Waals surface area contributed by atoms with Gasteiger partial charge in [0.1, 0.15) is 0 Å². The fraction of sp³-hybridized carbons (Fsp3) is 0.538. The van der Waals surface area contributed by atoms with E-state index in [2.05, 4.69) is 15.6 Å². The molecular formula is C13H17N3O2. The van der Waals surface area contributed by atoms with Crippen molar-refractivity contribution in [1.82, 2.24) is 4.98 Å². The zero-order valence-electron chi connectivity index (χ0n) is 10.5. The van der Waals surface area contributed by atoms with E-state index in [1.165, 1.54) is 12.8 Å². The fourth-order valence-electron chi connectivity index (χ4n) is 2.90. The predicted molar refractivity (Wildman–Crippen MR) is 68.9 cm³/mol. The third kappa shape index (κ3) is 1.89. The van der Waals surface area contributed by atoms with E-state index < -0.39 is 0 Å². The highest BCUT2D eigenvalue weighted by Gasteiger charge is 2.38. The Morgan fingerprint density at radius 2 is 2.11 bits per heavy atom. The van der Waals surface area contributed by atoms with Gasteiger partial charge in [0.25, 0.3) is 0 Å². The Kier molecular flexibility index (Phi) is 2.61. The molecule has 0 atom stereocenters. The van der Waals surface area contributed by atoms with Gasteiger partial charge in [-0.3, -0.25) is 4.79 Å². The Balaban J connectivity index is 2.00. The van der Waals surface area contributed by atoms with Gasteiger partial charge in [0.2, 0.25) is 11.8 Å². The van der Waals surface area contributed by atoms with Crippen molar-refractivity contribution in [3.05, 3.63) is 12.1 Å². The standard InChI is InChI=1S/C13H17N3O2/c1-18-11-5-4-9-12(15-11)16-13(6-2-3-7-13)8-10(17)14-9/h4-5H,2-3,6-8H2,1H3,(H,14,17)(H,15,16). The number of pyridine rings is 1. The lowest BCUT2D eigenvalue weighted by molar-refractivity contribution is -0.117. The molecule has 18 heavy (non-hydrogen) atoms. The van der Waals surface area contributed by atoms with Crippen LogP contribution in [0.2, 0.25) is 0 Å². The summed E-state index contributed by atoms with van der Waals surface area (Å²) < 4.78 is 5.14. The number of aromatic nitrogens is 1. The largest absolute Gasteiger partial charge is 0.481 e. The highest BCUT2D eigenvalue weighted by molar-refractivity contribution is 5.96. The van der Waals surface area contributed by atoms with Gasteiger partial charge in [-0.2, -0.15) is 4.98 Å². The number of ether oxygens (including phenoxy) is 1. The van der Waals surface area contributed by atoms with Crippen LogP contribution in [0.25, 0.3) is 0 Å². The summed E-state index contributed by atoms with van der Waals surface area (Å²) in [5.41, 5.74) is 0.624. The SMILES string of the molecule is COc1ccc2c(n1)NC1(CCCC1)CC(=O)N2. The highest BCUT2D eigenvalue weighted by Crippen LogP contribution is 2.39. The molecule has 1 aliphatic heterocycles. The van der Waals surface area contributed by atoms with Crippen molar-refractivity contribution in [2.75, 3.05) is 17.7 Å². The zero-order chi connectivity index (χ0) is 12.6. The summed E-state index contributed by atoms with van der Waals surface area (Å²) in [4.78, 5) is 16.3. The molecule has 1 spiro atoms. The van der Waals surface area contributed by atoms with Crippen LogP contribution in [0.15, 0.2) is 12.1 Å². The number of anilines is 2. The monoisotopic (exact) mass is 247 g/mol. The Bertz CT molecular complexity index is 481. The Morgan fingerprint density at radius 3 is 2.83 bits per heavy atom. The molecule has 0 bridgehead atoms. The number of carbonyl (C=O) groups is 1. The van der Waals surface area contributed by atoms with Crippen molar-refractivity contribution in [2.45, 2.75) is 37.6 Å². The van der Waals surface area contributed by atoms with Crippen molar-refractivity contribution in [2.24, 2.45) is 0 Å². The number of hydrogen-bond acceptors (Lipinski definition) is 4. The summed E-state index contributed by atoms with van der Waals surface area (Å²) >= 11 is 0. The molecule has 0 aromatic carbocycles.